The van der Waals surface area contributed by atoms with Gasteiger partial charge in [-0.3, -0.25) is 9.59 Å². The van der Waals surface area contributed by atoms with E-state index in [1.165, 1.54) is 30.0 Å². The quantitative estimate of drug-likeness (QED) is 0.438. The summed E-state index contributed by atoms with van der Waals surface area (Å²) >= 11 is 6.19. The highest BCUT2D eigenvalue weighted by Gasteiger charge is 2.23. The van der Waals surface area contributed by atoms with Crippen LogP contribution in [0.15, 0.2) is 77.6 Å². The van der Waals surface area contributed by atoms with Crippen LogP contribution in [0.5, 0.6) is 5.75 Å². The number of benzene rings is 3. The molecule has 0 radical (unpaired) electrons. The standard InChI is InChI=1S/C25H19ClFN3O3/c1-15-23(31)22(19-11-4-6-13-21(19)33-2)24(28-25(32)18-10-3-5-12-20(18)27)30(29-15)17-9-7-8-16(26)14-17/h3-14H,1-2H3,(H,28,32). The summed E-state index contributed by atoms with van der Waals surface area (Å²) in [5.41, 5.74) is 0.737. The fourth-order valence-corrected chi connectivity index (χ4v) is 3.66. The van der Waals surface area contributed by atoms with E-state index in [2.05, 4.69) is 10.4 Å². The number of aryl methyl sites for hydroxylation is 1. The third kappa shape index (κ3) is 4.36. The molecule has 0 aliphatic rings. The van der Waals surface area contributed by atoms with Gasteiger partial charge in [0.25, 0.3) is 5.91 Å². The van der Waals surface area contributed by atoms with E-state index in [0.717, 1.165) is 0 Å². The molecule has 0 fully saturated rings. The van der Waals surface area contributed by atoms with Gasteiger partial charge in [0, 0.05) is 10.6 Å². The van der Waals surface area contributed by atoms with Gasteiger partial charge < -0.3 is 10.1 Å². The number of nitrogens with one attached hydrogen (secondary N) is 1. The summed E-state index contributed by atoms with van der Waals surface area (Å²) in [5, 5.41) is 7.53. The Labute approximate surface area is 194 Å². The lowest BCUT2D eigenvalue weighted by atomic mass is 10.0. The van der Waals surface area contributed by atoms with Crippen molar-refractivity contribution in [2.45, 2.75) is 6.92 Å². The van der Waals surface area contributed by atoms with E-state index < -0.39 is 17.2 Å². The Balaban J connectivity index is 2.02. The zero-order valence-electron chi connectivity index (χ0n) is 17.8. The number of ether oxygens (including phenoxy) is 1. The van der Waals surface area contributed by atoms with Crippen molar-refractivity contribution in [2.24, 2.45) is 0 Å². The van der Waals surface area contributed by atoms with Crippen molar-refractivity contribution in [1.29, 1.82) is 0 Å². The first-order valence-corrected chi connectivity index (χ1v) is 10.4. The summed E-state index contributed by atoms with van der Waals surface area (Å²) in [5.74, 6) is -0.930. The first-order chi connectivity index (χ1) is 15.9. The number of methoxy groups -OCH3 is 1. The number of carbonyl (C=O) groups is 1. The minimum atomic E-state index is -0.731. The number of amides is 1. The molecule has 3 aromatic carbocycles. The van der Waals surface area contributed by atoms with Crippen molar-refractivity contribution in [3.05, 3.63) is 105 Å². The van der Waals surface area contributed by atoms with Gasteiger partial charge in [0.15, 0.2) is 0 Å². The molecular formula is C25H19ClFN3O3. The number of carbonyl (C=O) groups excluding carboxylic acids is 1. The van der Waals surface area contributed by atoms with Gasteiger partial charge in [-0.2, -0.15) is 5.10 Å². The average molecular weight is 464 g/mol. The number of nitrogens with zero attached hydrogens (tertiary/aromatic N) is 2. The van der Waals surface area contributed by atoms with E-state index in [4.69, 9.17) is 16.3 Å². The van der Waals surface area contributed by atoms with Gasteiger partial charge in [0.1, 0.15) is 23.1 Å². The molecule has 166 valence electrons. The molecule has 0 spiro atoms. The van der Waals surface area contributed by atoms with Gasteiger partial charge in [0.05, 0.1) is 23.9 Å². The number of para-hydroxylation sites is 1. The van der Waals surface area contributed by atoms with E-state index >= 15 is 0 Å². The summed E-state index contributed by atoms with van der Waals surface area (Å²) < 4.78 is 21.2. The van der Waals surface area contributed by atoms with E-state index in [-0.39, 0.29) is 22.6 Å². The first kappa shape index (κ1) is 22.2. The lowest BCUT2D eigenvalue weighted by Crippen LogP contribution is -2.25. The molecule has 0 aliphatic carbocycles. The van der Waals surface area contributed by atoms with Crippen LogP contribution in [0, 0.1) is 12.7 Å². The molecule has 0 bridgehead atoms. The molecule has 0 unspecified atom stereocenters. The molecule has 0 saturated heterocycles. The molecule has 1 heterocycles. The number of hydrogen-bond acceptors (Lipinski definition) is 4. The van der Waals surface area contributed by atoms with Gasteiger partial charge in [-0.25, -0.2) is 9.07 Å². The van der Waals surface area contributed by atoms with Gasteiger partial charge in [-0.05, 0) is 43.3 Å². The predicted octanol–water partition coefficient (Wildman–Crippen LogP) is 5.26. The third-order valence-electron chi connectivity index (χ3n) is 5.03. The normalized spacial score (nSPS) is 10.7. The zero-order chi connectivity index (χ0) is 23.5. The summed E-state index contributed by atoms with van der Waals surface area (Å²) in [6.45, 7) is 1.57. The minimum absolute atomic E-state index is 0.0608. The van der Waals surface area contributed by atoms with Crippen LogP contribution < -0.4 is 15.5 Å². The minimum Gasteiger partial charge on any atom is -0.496 e. The van der Waals surface area contributed by atoms with Crippen molar-refractivity contribution in [3.8, 4) is 22.6 Å². The number of rotatable bonds is 5. The van der Waals surface area contributed by atoms with Crippen LogP contribution in [0.2, 0.25) is 5.02 Å². The molecule has 4 aromatic rings. The fourth-order valence-electron chi connectivity index (χ4n) is 3.47. The van der Waals surface area contributed by atoms with Crippen LogP contribution in [0.4, 0.5) is 10.2 Å². The lowest BCUT2D eigenvalue weighted by Gasteiger charge is -2.19. The van der Waals surface area contributed by atoms with Crippen molar-refractivity contribution < 1.29 is 13.9 Å². The maximum Gasteiger partial charge on any atom is 0.259 e. The van der Waals surface area contributed by atoms with Gasteiger partial charge >= 0.3 is 0 Å². The first-order valence-electron chi connectivity index (χ1n) is 10.00. The smallest absolute Gasteiger partial charge is 0.259 e. The van der Waals surface area contributed by atoms with Gasteiger partial charge in [-0.15, -0.1) is 0 Å². The Bertz CT molecular complexity index is 1420. The van der Waals surface area contributed by atoms with E-state index in [1.807, 2.05) is 0 Å². The van der Waals surface area contributed by atoms with E-state index in [0.29, 0.717) is 22.0 Å². The molecule has 6 nitrogen and oxygen atoms in total. The summed E-state index contributed by atoms with van der Waals surface area (Å²) in [4.78, 5) is 26.4. The van der Waals surface area contributed by atoms with Crippen LogP contribution in [0.1, 0.15) is 16.1 Å². The topological polar surface area (TPSA) is 73.2 Å². The Morgan fingerprint density at radius 1 is 1.06 bits per heavy atom. The van der Waals surface area contributed by atoms with E-state index in [9.17, 15) is 14.0 Å². The maximum atomic E-state index is 14.3. The molecule has 0 aliphatic heterocycles. The molecule has 0 saturated carbocycles. The van der Waals surface area contributed by atoms with Crippen molar-refractivity contribution >= 4 is 23.3 Å². The molecule has 0 atom stereocenters. The molecule has 4 rings (SSSR count). The summed E-state index contributed by atoms with van der Waals surface area (Å²) in [6, 6.07) is 19.3. The second kappa shape index (κ2) is 9.26. The lowest BCUT2D eigenvalue weighted by molar-refractivity contribution is 0.102. The third-order valence-corrected chi connectivity index (χ3v) is 5.27. The number of halogens is 2. The highest BCUT2D eigenvalue weighted by atomic mass is 35.5. The second-order valence-electron chi connectivity index (χ2n) is 7.16. The fraction of sp³-hybridized carbons (Fsp3) is 0.0800. The van der Waals surface area contributed by atoms with Gasteiger partial charge in [0.2, 0.25) is 5.43 Å². The number of aromatic nitrogens is 2. The Kier molecular flexibility index (Phi) is 6.24. The number of anilines is 1. The van der Waals surface area contributed by atoms with Crippen molar-refractivity contribution in [3.63, 3.8) is 0 Å². The van der Waals surface area contributed by atoms with Crippen molar-refractivity contribution in [2.75, 3.05) is 12.4 Å². The Hall–Kier alpha value is -3.97. The average Bonchev–Trinajstić information content (AvgIpc) is 2.81. The highest BCUT2D eigenvalue weighted by Crippen LogP contribution is 2.34. The molecule has 1 N–H and O–H groups in total. The molecular weight excluding hydrogens is 445 g/mol. The van der Waals surface area contributed by atoms with Crippen LogP contribution in [0.25, 0.3) is 16.8 Å². The molecule has 1 amide bonds. The van der Waals surface area contributed by atoms with Crippen LogP contribution in [0.3, 0.4) is 0 Å². The molecule has 8 heteroatoms. The Morgan fingerprint density at radius 2 is 1.79 bits per heavy atom. The maximum absolute atomic E-state index is 14.3. The van der Waals surface area contributed by atoms with Gasteiger partial charge in [-0.1, -0.05) is 48.0 Å². The summed E-state index contributed by atoms with van der Waals surface area (Å²) in [6.07, 6.45) is 0. The Morgan fingerprint density at radius 3 is 2.52 bits per heavy atom. The van der Waals surface area contributed by atoms with Crippen molar-refractivity contribution in [1.82, 2.24) is 9.78 Å². The monoisotopic (exact) mass is 463 g/mol. The predicted molar refractivity (Wildman–Crippen MR) is 126 cm³/mol. The zero-order valence-corrected chi connectivity index (χ0v) is 18.6. The largest absolute Gasteiger partial charge is 0.496 e. The summed E-state index contributed by atoms with van der Waals surface area (Å²) in [7, 11) is 1.49. The van der Waals surface area contributed by atoms with Crippen LogP contribution >= 0.6 is 11.6 Å². The highest BCUT2D eigenvalue weighted by molar-refractivity contribution is 6.30. The second-order valence-corrected chi connectivity index (χ2v) is 7.60. The number of hydrogen-bond donors (Lipinski definition) is 1. The van der Waals surface area contributed by atoms with Crippen LogP contribution in [-0.4, -0.2) is 22.8 Å². The molecule has 33 heavy (non-hydrogen) atoms. The van der Waals surface area contributed by atoms with E-state index in [1.54, 1.807) is 61.5 Å². The van der Waals surface area contributed by atoms with Crippen LogP contribution in [-0.2, 0) is 0 Å². The molecule has 1 aromatic heterocycles. The SMILES string of the molecule is COc1ccccc1-c1c(NC(=O)c2ccccc2F)n(-c2cccc(Cl)c2)nc(C)c1=O.